The van der Waals surface area contributed by atoms with Crippen molar-refractivity contribution in [2.75, 3.05) is 6.54 Å². The molecule has 0 bridgehead atoms. The third-order valence-corrected chi connectivity index (χ3v) is 5.30. The highest BCUT2D eigenvalue weighted by atomic mass is 32.2. The predicted octanol–water partition coefficient (Wildman–Crippen LogP) is 2.01. The van der Waals surface area contributed by atoms with E-state index in [0.29, 0.717) is 6.42 Å². The van der Waals surface area contributed by atoms with Crippen LogP contribution in [-0.4, -0.2) is 15.0 Å². The molecule has 1 aromatic heterocycles. The predicted molar refractivity (Wildman–Crippen MR) is 77.5 cm³/mol. The van der Waals surface area contributed by atoms with Crippen LogP contribution in [0.1, 0.15) is 10.4 Å². The number of halogens is 2. The summed E-state index contributed by atoms with van der Waals surface area (Å²) in [6, 6.07) is 5.54. The molecular formula is C13H14F2N2O2S2. The number of nitrogens with two attached hydrogens (primary N) is 1. The lowest BCUT2D eigenvalue weighted by molar-refractivity contribution is 0.525. The normalized spacial score (nSPS) is 11.8. The van der Waals surface area contributed by atoms with E-state index in [0.717, 1.165) is 17.0 Å². The van der Waals surface area contributed by atoms with Gasteiger partial charge in [0.1, 0.15) is 10.7 Å². The summed E-state index contributed by atoms with van der Waals surface area (Å²) in [4.78, 5) is 0.426. The number of thiophene rings is 1. The van der Waals surface area contributed by atoms with Gasteiger partial charge in [-0.15, -0.1) is 11.3 Å². The second-order valence-electron chi connectivity index (χ2n) is 4.27. The zero-order chi connectivity index (χ0) is 15.5. The van der Waals surface area contributed by atoms with Crippen molar-refractivity contribution >= 4 is 21.4 Å². The Balaban J connectivity index is 2.16. The summed E-state index contributed by atoms with van der Waals surface area (Å²) >= 11 is 1.51. The van der Waals surface area contributed by atoms with Gasteiger partial charge in [0.05, 0.1) is 0 Å². The van der Waals surface area contributed by atoms with Crippen molar-refractivity contribution in [1.82, 2.24) is 4.72 Å². The van der Waals surface area contributed by atoms with Crippen LogP contribution in [-0.2, 0) is 23.0 Å². The zero-order valence-electron chi connectivity index (χ0n) is 11.0. The van der Waals surface area contributed by atoms with E-state index in [2.05, 4.69) is 4.72 Å². The van der Waals surface area contributed by atoms with Crippen molar-refractivity contribution in [3.05, 3.63) is 51.7 Å². The minimum absolute atomic E-state index is 0.137. The molecule has 0 atom stereocenters. The van der Waals surface area contributed by atoms with E-state index >= 15 is 0 Å². The molecule has 4 nitrogen and oxygen atoms in total. The van der Waals surface area contributed by atoms with Gasteiger partial charge in [-0.3, -0.25) is 0 Å². The van der Waals surface area contributed by atoms with Crippen LogP contribution in [0.5, 0.6) is 0 Å². The fourth-order valence-electron chi connectivity index (χ4n) is 1.81. The maximum absolute atomic E-state index is 14.0. The standard InChI is InChI=1S/C13H14F2N2O2S2/c14-11-3-4-12(13(15)10(11)8-16)21(18,19)17-6-5-9-2-1-7-20-9/h1-4,7,17H,5-6,8,16H2. The molecule has 0 aliphatic rings. The molecule has 0 unspecified atom stereocenters. The molecular weight excluding hydrogens is 318 g/mol. The number of benzene rings is 1. The molecule has 0 saturated carbocycles. The smallest absolute Gasteiger partial charge is 0.243 e. The Morgan fingerprint density at radius 2 is 2.00 bits per heavy atom. The second kappa shape index (κ2) is 6.61. The van der Waals surface area contributed by atoms with E-state index in [1.807, 2.05) is 17.5 Å². The Labute approximate surface area is 125 Å². The second-order valence-corrected chi connectivity index (χ2v) is 7.04. The molecule has 0 aliphatic heterocycles. The molecule has 0 aliphatic carbocycles. The summed E-state index contributed by atoms with van der Waals surface area (Å²) in [5.74, 6) is -1.99. The molecule has 1 aromatic carbocycles. The largest absolute Gasteiger partial charge is 0.326 e. The highest BCUT2D eigenvalue weighted by molar-refractivity contribution is 7.89. The summed E-state index contributed by atoms with van der Waals surface area (Å²) in [6.45, 7) is -0.270. The van der Waals surface area contributed by atoms with Crippen molar-refractivity contribution in [1.29, 1.82) is 0 Å². The van der Waals surface area contributed by atoms with Crippen LogP contribution >= 0.6 is 11.3 Å². The van der Waals surface area contributed by atoms with Gasteiger partial charge in [0.25, 0.3) is 0 Å². The van der Waals surface area contributed by atoms with Crippen LogP contribution in [0.4, 0.5) is 8.78 Å². The van der Waals surface area contributed by atoms with Crippen LogP contribution in [0.2, 0.25) is 0 Å². The Bertz CT molecular complexity index is 716. The first-order valence-corrected chi connectivity index (χ1v) is 8.51. The average Bonchev–Trinajstić information content (AvgIpc) is 2.92. The molecule has 3 N–H and O–H groups in total. The lowest BCUT2D eigenvalue weighted by Crippen LogP contribution is -2.27. The Morgan fingerprint density at radius 1 is 1.24 bits per heavy atom. The highest BCUT2D eigenvalue weighted by Gasteiger charge is 2.22. The molecule has 21 heavy (non-hydrogen) atoms. The van der Waals surface area contributed by atoms with E-state index in [9.17, 15) is 17.2 Å². The Morgan fingerprint density at radius 3 is 2.62 bits per heavy atom. The van der Waals surface area contributed by atoms with Gasteiger partial charge in [0.2, 0.25) is 10.0 Å². The van der Waals surface area contributed by atoms with E-state index in [-0.39, 0.29) is 6.54 Å². The monoisotopic (exact) mass is 332 g/mol. The lowest BCUT2D eigenvalue weighted by atomic mass is 10.2. The summed E-state index contributed by atoms with van der Waals surface area (Å²) in [7, 11) is -4.04. The van der Waals surface area contributed by atoms with E-state index in [1.54, 1.807) is 0 Å². The fourth-order valence-corrected chi connectivity index (χ4v) is 3.65. The number of sulfonamides is 1. The van der Waals surface area contributed by atoms with Gasteiger partial charge in [-0.1, -0.05) is 6.07 Å². The molecule has 8 heteroatoms. The van der Waals surface area contributed by atoms with Crippen molar-refractivity contribution in [2.45, 2.75) is 17.9 Å². The molecule has 2 aromatic rings. The minimum Gasteiger partial charge on any atom is -0.326 e. The summed E-state index contributed by atoms with van der Waals surface area (Å²) in [5, 5.41) is 1.89. The third-order valence-electron chi connectivity index (χ3n) is 2.89. The van der Waals surface area contributed by atoms with Crippen LogP contribution in [0, 0.1) is 11.6 Å². The van der Waals surface area contributed by atoms with Crippen molar-refractivity contribution in [3.63, 3.8) is 0 Å². The molecule has 0 spiro atoms. The van der Waals surface area contributed by atoms with Crippen molar-refractivity contribution < 1.29 is 17.2 Å². The quantitative estimate of drug-likeness (QED) is 0.850. The fraction of sp³-hybridized carbons (Fsp3) is 0.231. The Kier molecular flexibility index (Phi) is 5.04. The number of hydrogen-bond donors (Lipinski definition) is 2. The van der Waals surface area contributed by atoms with Crippen LogP contribution in [0.3, 0.4) is 0 Å². The van der Waals surface area contributed by atoms with Crippen molar-refractivity contribution in [3.8, 4) is 0 Å². The minimum atomic E-state index is -4.04. The molecule has 114 valence electrons. The first-order valence-electron chi connectivity index (χ1n) is 6.14. The van der Waals surface area contributed by atoms with Gasteiger partial charge >= 0.3 is 0 Å². The third kappa shape index (κ3) is 3.65. The maximum atomic E-state index is 14.0. The van der Waals surface area contributed by atoms with E-state index < -0.39 is 38.7 Å². The lowest BCUT2D eigenvalue weighted by Gasteiger charge is -2.10. The molecule has 0 radical (unpaired) electrons. The van der Waals surface area contributed by atoms with Gasteiger partial charge in [-0.05, 0) is 30.0 Å². The molecule has 0 amide bonds. The van der Waals surface area contributed by atoms with Gasteiger partial charge in [-0.25, -0.2) is 21.9 Å². The van der Waals surface area contributed by atoms with E-state index in [1.165, 1.54) is 11.3 Å². The molecule has 1 heterocycles. The topological polar surface area (TPSA) is 72.2 Å². The van der Waals surface area contributed by atoms with Crippen LogP contribution in [0.25, 0.3) is 0 Å². The highest BCUT2D eigenvalue weighted by Crippen LogP contribution is 2.20. The first-order chi connectivity index (χ1) is 9.95. The molecule has 0 fully saturated rings. The van der Waals surface area contributed by atoms with E-state index in [4.69, 9.17) is 5.73 Å². The maximum Gasteiger partial charge on any atom is 0.243 e. The van der Waals surface area contributed by atoms with Crippen LogP contribution in [0.15, 0.2) is 34.5 Å². The number of hydrogen-bond acceptors (Lipinski definition) is 4. The molecule has 0 saturated heterocycles. The van der Waals surface area contributed by atoms with Gasteiger partial charge in [0, 0.05) is 23.5 Å². The Hall–Kier alpha value is -1.35. The summed E-state index contributed by atoms with van der Waals surface area (Å²) in [5.41, 5.74) is 4.80. The number of nitrogens with one attached hydrogen (secondary N) is 1. The van der Waals surface area contributed by atoms with Crippen molar-refractivity contribution in [2.24, 2.45) is 5.73 Å². The summed E-state index contributed by atoms with van der Waals surface area (Å²) < 4.78 is 53.7. The van der Waals surface area contributed by atoms with Crippen LogP contribution < -0.4 is 10.5 Å². The SMILES string of the molecule is NCc1c(F)ccc(S(=O)(=O)NCCc2cccs2)c1F. The summed E-state index contributed by atoms with van der Waals surface area (Å²) in [6.07, 6.45) is 0.503. The van der Waals surface area contributed by atoms with Gasteiger partial charge in [0.15, 0.2) is 5.82 Å². The van der Waals surface area contributed by atoms with Gasteiger partial charge < -0.3 is 5.73 Å². The number of rotatable bonds is 6. The average molecular weight is 332 g/mol. The first kappa shape index (κ1) is 16.0. The van der Waals surface area contributed by atoms with Gasteiger partial charge in [-0.2, -0.15) is 0 Å². The zero-order valence-corrected chi connectivity index (χ0v) is 12.6. The molecule has 2 rings (SSSR count).